The van der Waals surface area contributed by atoms with Gasteiger partial charge in [-0.3, -0.25) is 14.5 Å². The Bertz CT molecular complexity index is 1640. The maximum atomic E-state index is 13.6. The molecule has 1 fully saturated rings. The summed E-state index contributed by atoms with van der Waals surface area (Å²) in [5.74, 6) is -0.688. The first-order valence-electron chi connectivity index (χ1n) is 12.5. The topological polar surface area (TPSA) is 89.0 Å². The summed E-state index contributed by atoms with van der Waals surface area (Å²) in [6.07, 6.45) is 0.855. The molecule has 4 aromatic rings. The quantitative estimate of drug-likeness (QED) is 0.203. The molecule has 0 radical (unpaired) electrons. The van der Waals surface area contributed by atoms with Crippen LogP contribution in [-0.4, -0.2) is 35.0 Å². The van der Waals surface area contributed by atoms with Crippen molar-refractivity contribution in [2.45, 2.75) is 33.2 Å². The van der Waals surface area contributed by atoms with Gasteiger partial charge in [-0.05, 0) is 66.8 Å². The van der Waals surface area contributed by atoms with Gasteiger partial charge in [-0.1, -0.05) is 48.6 Å². The second-order valence-electron chi connectivity index (χ2n) is 9.55. The van der Waals surface area contributed by atoms with Gasteiger partial charge in [0.15, 0.2) is 16.6 Å². The number of aliphatic hydroxyl groups excluding tert-OH is 1. The Morgan fingerprint density at radius 3 is 2.50 bits per heavy atom. The minimum atomic E-state index is -0.837. The molecule has 6 rings (SSSR count). The van der Waals surface area contributed by atoms with E-state index in [1.165, 1.54) is 16.2 Å². The predicted molar refractivity (Wildman–Crippen MR) is 147 cm³/mol. The fourth-order valence-corrected chi connectivity index (χ4v) is 6.26. The van der Waals surface area contributed by atoms with E-state index in [0.717, 1.165) is 33.3 Å². The number of aryl methyl sites for hydroxylation is 3. The summed E-state index contributed by atoms with van der Waals surface area (Å²) in [5.41, 5.74) is 5.12. The molecule has 38 heavy (non-hydrogen) atoms. The molecule has 0 saturated carbocycles. The highest BCUT2D eigenvalue weighted by atomic mass is 32.1. The number of anilines is 1. The van der Waals surface area contributed by atoms with Crippen molar-refractivity contribution < 1.29 is 24.2 Å². The first-order valence-corrected chi connectivity index (χ1v) is 13.3. The molecule has 1 N–H and O–H groups in total. The second-order valence-corrected chi connectivity index (χ2v) is 10.6. The van der Waals surface area contributed by atoms with E-state index in [1.54, 1.807) is 18.2 Å². The summed E-state index contributed by atoms with van der Waals surface area (Å²) in [5, 5.41) is 11.9. The molecule has 2 aliphatic rings. The van der Waals surface area contributed by atoms with Crippen LogP contribution in [0.3, 0.4) is 0 Å². The largest absolute Gasteiger partial charge is 0.507 e. The van der Waals surface area contributed by atoms with Crippen LogP contribution in [0, 0.1) is 13.8 Å². The molecular weight excluding hydrogens is 500 g/mol. The van der Waals surface area contributed by atoms with Crippen LogP contribution in [0.25, 0.3) is 16.0 Å². The highest BCUT2D eigenvalue weighted by Gasteiger charge is 2.48. The minimum Gasteiger partial charge on any atom is -0.507 e. The maximum absolute atomic E-state index is 13.6. The highest BCUT2D eigenvalue weighted by molar-refractivity contribution is 7.22. The third kappa shape index (κ3) is 3.92. The normalized spacial score (nSPS) is 18.4. The number of ether oxygens (including phenoxy) is 2. The van der Waals surface area contributed by atoms with E-state index in [0.29, 0.717) is 41.0 Å². The minimum absolute atomic E-state index is 0.0167. The van der Waals surface area contributed by atoms with Crippen LogP contribution >= 0.6 is 11.3 Å². The van der Waals surface area contributed by atoms with Gasteiger partial charge >= 0.3 is 5.91 Å². The molecule has 3 heterocycles. The fourth-order valence-electron chi connectivity index (χ4n) is 5.09. The van der Waals surface area contributed by atoms with E-state index in [1.807, 2.05) is 50.2 Å². The third-order valence-corrected chi connectivity index (χ3v) is 7.99. The van der Waals surface area contributed by atoms with E-state index < -0.39 is 17.7 Å². The first-order chi connectivity index (χ1) is 18.4. The highest BCUT2D eigenvalue weighted by Crippen LogP contribution is 2.45. The number of nitrogens with zero attached hydrogens (tertiary/aromatic N) is 2. The van der Waals surface area contributed by atoms with E-state index >= 15 is 0 Å². The smallest absolute Gasteiger partial charge is 0.301 e. The molecule has 3 aromatic carbocycles. The molecule has 1 atom stereocenters. The number of carbonyl (C=O) groups is 2. The molecule has 0 spiro atoms. The molecule has 0 aliphatic carbocycles. The number of amides is 1. The Labute approximate surface area is 224 Å². The van der Waals surface area contributed by atoms with Gasteiger partial charge < -0.3 is 14.6 Å². The number of rotatable bonds is 4. The summed E-state index contributed by atoms with van der Waals surface area (Å²) >= 11 is 1.36. The molecule has 8 heteroatoms. The molecule has 1 amide bonds. The van der Waals surface area contributed by atoms with Gasteiger partial charge in [-0.15, -0.1) is 0 Å². The predicted octanol–water partition coefficient (Wildman–Crippen LogP) is 5.87. The molecule has 1 unspecified atom stereocenters. The lowest BCUT2D eigenvalue weighted by atomic mass is 9.94. The van der Waals surface area contributed by atoms with Crippen LogP contribution in [0.5, 0.6) is 11.5 Å². The summed E-state index contributed by atoms with van der Waals surface area (Å²) in [7, 11) is 0. The van der Waals surface area contributed by atoms with Crippen molar-refractivity contribution in [1.82, 2.24) is 4.98 Å². The number of carbonyl (C=O) groups excluding carboxylic acids is 2. The van der Waals surface area contributed by atoms with Gasteiger partial charge in [0.2, 0.25) is 0 Å². The Morgan fingerprint density at radius 2 is 1.76 bits per heavy atom. The van der Waals surface area contributed by atoms with Crippen molar-refractivity contribution in [3.63, 3.8) is 0 Å². The summed E-state index contributed by atoms with van der Waals surface area (Å²) in [6, 6.07) is 16.0. The number of hydrogen-bond donors (Lipinski definition) is 1. The number of benzene rings is 3. The van der Waals surface area contributed by atoms with Crippen LogP contribution < -0.4 is 14.4 Å². The molecular formula is C30H26N2O5S. The maximum Gasteiger partial charge on any atom is 0.301 e. The average Bonchev–Trinajstić information content (AvgIpc) is 3.46. The molecule has 2 aliphatic heterocycles. The summed E-state index contributed by atoms with van der Waals surface area (Å²) < 4.78 is 12.2. The lowest BCUT2D eigenvalue weighted by molar-refractivity contribution is -0.132. The first kappa shape index (κ1) is 24.2. The van der Waals surface area contributed by atoms with Crippen molar-refractivity contribution in [2.24, 2.45) is 0 Å². The second kappa shape index (κ2) is 9.29. The Hall–Kier alpha value is -4.17. The number of aliphatic hydroxyl groups is 1. The number of ketones is 1. The number of fused-ring (bicyclic) bond motifs is 2. The zero-order chi connectivity index (χ0) is 26.6. The molecule has 192 valence electrons. The van der Waals surface area contributed by atoms with Gasteiger partial charge in [0.25, 0.3) is 5.78 Å². The van der Waals surface area contributed by atoms with Crippen molar-refractivity contribution in [1.29, 1.82) is 0 Å². The van der Waals surface area contributed by atoms with E-state index in [4.69, 9.17) is 14.5 Å². The number of Topliss-reactive ketones (excluding diaryl/α,β-unsaturated/α-hetero) is 1. The molecule has 1 aromatic heterocycles. The Morgan fingerprint density at radius 1 is 1.03 bits per heavy atom. The van der Waals surface area contributed by atoms with Gasteiger partial charge in [0.05, 0.1) is 21.8 Å². The van der Waals surface area contributed by atoms with Crippen LogP contribution in [0.15, 0.2) is 60.2 Å². The van der Waals surface area contributed by atoms with Crippen molar-refractivity contribution >= 4 is 44.1 Å². The van der Waals surface area contributed by atoms with Crippen molar-refractivity contribution in [3.05, 3.63) is 88.0 Å². The lowest BCUT2D eigenvalue weighted by Crippen LogP contribution is -2.29. The van der Waals surface area contributed by atoms with Gasteiger partial charge in [-0.2, -0.15) is 0 Å². The van der Waals surface area contributed by atoms with Crippen LogP contribution in [0.2, 0.25) is 0 Å². The average molecular weight is 527 g/mol. The van der Waals surface area contributed by atoms with E-state index in [2.05, 4.69) is 6.92 Å². The van der Waals surface area contributed by atoms with Crippen LogP contribution in [0.4, 0.5) is 5.13 Å². The molecule has 7 nitrogen and oxygen atoms in total. The Kier molecular flexibility index (Phi) is 5.91. The molecule has 0 bridgehead atoms. The number of thiazole rings is 1. The lowest BCUT2D eigenvalue weighted by Gasteiger charge is -2.23. The zero-order valence-corrected chi connectivity index (χ0v) is 22.1. The van der Waals surface area contributed by atoms with Gasteiger partial charge in [0, 0.05) is 5.56 Å². The molecule has 1 saturated heterocycles. The monoisotopic (exact) mass is 526 g/mol. The van der Waals surface area contributed by atoms with Crippen LogP contribution in [-0.2, 0) is 16.0 Å². The fraction of sp³-hybridized carbons (Fsp3) is 0.233. The SMILES string of the molecule is CCc1ccc(C2/C(=C(\O)c3ccc4c(c3)OCCO4)C(=O)C(=O)N2c2nc3c(C)cc(C)cc3s2)cc1. The summed E-state index contributed by atoms with van der Waals surface area (Å²) in [6.45, 7) is 6.89. The zero-order valence-electron chi connectivity index (χ0n) is 21.3. The van der Waals surface area contributed by atoms with Gasteiger partial charge in [0.1, 0.15) is 19.0 Å². The van der Waals surface area contributed by atoms with Gasteiger partial charge in [-0.25, -0.2) is 4.98 Å². The van der Waals surface area contributed by atoms with Crippen LogP contribution in [0.1, 0.15) is 40.8 Å². The van der Waals surface area contributed by atoms with Crippen molar-refractivity contribution in [3.8, 4) is 11.5 Å². The van der Waals surface area contributed by atoms with Crippen molar-refractivity contribution in [2.75, 3.05) is 18.1 Å². The standard InChI is InChI=1S/C30H26N2O5S/c1-4-18-5-7-19(8-6-18)26-24(27(33)20-9-10-21-22(15-20)37-12-11-36-21)28(34)29(35)32(26)30-31-25-17(3)13-16(2)14-23(25)38-30/h5-10,13-15,26,33H,4,11-12H2,1-3H3/b27-24+. The van der Waals surface area contributed by atoms with E-state index in [9.17, 15) is 14.7 Å². The third-order valence-electron chi connectivity index (χ3n) is 6.99. The summed E-state index contributed by atoms with van der Waals surface area (Å²) in [4.78, 5) is 33.3. The Balaban J connectivity index is 1.54. The number of hydrogen-bond acceptors (Lipinski definition) is 7. The van der Waals surface area contributed by atoms with E-state index in [-0.39, 0.29) is 11.3 Å². The number of aromatic nitrogens is 1.